The van der Waals surface area contributed by atoms with E-state index in [9.17, 15) is 12.8 Å². The first kappa shape index (κ1) is 22.1. The Labute approximate surface area is 179 Å². The van der Waals surface area contributed by atoms with E-state index in [1.807, 2.05) is 0 Å². The molecule has 0 radical (unpaired) electrons. The van der Waals surface area contributed by atoms with Gasteiger partial charge in [-0.3, -0.25) is 4.98 Å². The molecule has 9 nitrogen and oxygen atoms in total. The molecule has 0 atom stereocenters. The van der Waals surface area contributed by atoms with Crippen LogP contribution in [0.1, 0.15) is 36.8 Å². The fraction of sp³-hybridized carbons (Fsp3) is 0.200. The van der Waals surface area contributed by atoms with E-state index in [0.29, 0.717) is 5.56 Å². The summed E-state index contributed by atoms with van der Waals surface area (Å²) in [6, 6.07) is 8.31. The van der Waals surface area contributed by atoms with Crippen LogP contribution >= 0.6 is 0 Å². The fourth-order valence-corrected chi connectivity index (χ4v) is 4.33. The first-order chi connectivity index (χ1) is 14.6. The lowest BCUT2D eigenvalue weighted by molar-refractivity contribution is 0.470. The Morgan fingerprint density at radius 2 is 1.94 bits per heavy atom. The molecule has 0 saturated carbocycles. The molecule has 1 aromatic carbocycles. The van der Waals surface area contributed by atoms with Crippen molar-refractivity contribution in [1.29, 1.82) is 0 Å². The summed E-state index contributed by atoms with van der Waals surface area (Å²) in [6.45, 7) is 3.60. The molecule has 164 valence electrons. The molecule has 0 fully saturated rings. The highest BCUT2D eigenvalue weighted by Gasteiger charge is 2.32. The second-order valence-electron chi connectivity index (χ2n) is 7.09. The average Bonchev–Trinajstić information content (AvgIpc) is 3.08. The minimum absolute atomic E-state index is 0.0535. The van der Waals surface area contributed by atoms with Gasteiger partial charge < -0.3 is 26.0 Å². The zero-order valence-electron chi connectivity index (χ0n) is 17.0. The number of imidazole rings is 1. The van der Waals surface area contributed by atoms with Crippen molar-refractivity contribution in [3.8, 4) is 5.75 Å². The molecule has 0 aliphatic carbocycles. The van der Waals surface area contributed by atoms with Crippen molar-refractivity contribution >= 4 is 15.8 Å². The van der Waals surface area contributed by atoms with Gasteiger partial charge in [0.2, 0.25) is 0 Å². The Kier molecular flexibility index (Phi) is 6.16. The lowest BCUT2D eigenvalue weighted by Gasteiger charge is -2.15. The summed E-state index contributed by atoms with van der Waals surface area (Å²) in [5.74, 6) is -1.25. The predicted octanol–water partition coefficient (Wildman–Crippen LogP) is 1.86. The molecule has 11 heteroatoms. The number of benzene rings is 1. The fourth-order valence-electron chi connectivity index (χ4n) is 2.94. The van der Waals surface area contributed by atoms with Crippen molar-refractivity contribution in [3.63, 3.8) is 0 Å². The largest absolute Gasteiger partial charge is 0.393 e. The van der Waals surface area contributed by atoms with Crippen molar-refractivity contribution in [2.45, 2.75) is 31.3 Å². The molecule has 2 heterocycles. The van der Waals surface area contributed by atoms with Crippen LogP contribution in [0.4, 0.5) is 4.39 Å². The van der Waals surface area contributed by atoms with Crippen LogP contribution in [0.25, 0.3) is 5.70 Å². The van der Waals surface area contributed by atoms with Crippen LogP contribution in [-0.2, 0) is 16.7 Å². The molecule has 2 aromatic heterocycles. The summed E-state index contributed by atoms with van der Waals surface area (Å²) in [4.78, 5) is 8.47. The third-order valence-electron chi connectivity index (χ3n) is 4.35. The summed E-state index contributed by atoms with van der Waals surface area (Å²) in [7, 11) is -4.44. The Bertz CT molecular complexity index is 1220. The van der Waals surface area contributed by atoms with Gasteiger partial charge in [-0.2, -0.15) is 8.42 Å². The molecular formula is C20H23FN6O3S. The molecule has 0 bridgehead atoms. The zero-order chi connectivity index (χ0) is 22.8. The molecule has 6 N–H and O–H groups in total. The normalized spacial score (nSPS) is 11.5. The first-order valence-corrected chi connectivity index (χ1v) is 10.7. The number of nitrogens with zero attached hydrogens (tertiary/aromatic N) is 3. The highest BCUT2D eigenvalue weighted by atomic mass is 32.2. The Balaban J connectivity index is 2.24. The van der Waals surface area contributed by atoms with E-state index >= 15 is 0 Å². The van der Waals surface area contributed by atoms with Crippen LogP contribution in [0.15, 0.2) is 59.6 Å². The number of halogens is 1. The summed E-state index contributed by atoms with van der Waals surface area (Å²) in [6.07, 6.45) is 3.17. The summed E-state index contributed by atoms with van der Waals surface area (Å²) >= 11 is 0. The SMILES string of the molecule is CC(C)c1nc(C(N)=C(N)N)n(Cc2cccnc2)c1S(=O)(=O)Oc1cccc(F)c1. The standard InChI is InChI=1S/C20H23FN6O3S/c1-12(2)17-20(31(28,29)30-15-7-3-6-14(21)9-15)27(11-13-5-4-8-25-10-13)19(26-17)16(22)18(23)24/h3-10,12H,11,22-24H2,1-2H3. The van der Waals surface area contributed by atoms with E-state index in [2.05, 4.69) is 9.97 Å². The Morgan fingerprint density at radius 1 is 1.19 bits per heavy atom. The molecule has 0 aliphatic rings. The predicted molar refractivity (Wildman–Crippen MR) is 113 cm³/mol. The minimum Gasteiger partial charge on any atom is -0.393 e. The van der Waals surface area contributed by atoms with Crippen LogP contribution < -0.4 is 21.4 Å². The van der Waals surface area contributed by atoms with Crippen molar-refractivity contribution in [1.82, 2.24) is 14.5 Å². The number of nitrogens with two attached hydrogens (primary N) is 3. The van der Waals surface area contributed by atoms with E-state index < -0.39 is 15.9 Å². The van der Waals surface area contributed by atoms with Gasteiger partial charge in [0.25, 0.3) is 0 Å². The van der Waals surface area contributed by atoms with E-state index in [4.69, 9.17) is 21.4 Å². The van der Waals surface area contributed by atoms with Gasteiger partial charge in [-0.15, -0.1) is 0 Å². The molecule has 0 unspecified atom stereocenters. The number of aromatic nitrogens is 3. The van der Waals surface area contributed by atoms with Gasteiger partial charge >= 0.3 is 10.1 Å². The van der Waals surface area contributed by atoms with Crippen molar-refractivity contribution < 1.29 is 17.0 Å². The lowest BCUT2D eigenvalue weighted by atomic mass is 10.1. The van der Waals surface area contributed by atoms with E-state index in [1.54, 1.807) is 38.4 Å². The zero-order valence-corrected chi connectivity index (χ0v) is 17.8. The minimum atomic E-state index is -4.44. The maximum Gasteiger partial charge on any atom is 0.357 e. The first-order valence-electron chi connectivity index (χ1n) is 9.30. The topological polar surface area (TPSA) is 152 Å². The highest BCUT2D eigenvalue weighted by Crippen LogP contribution is 2.30. The van der Waals surface area contributed by atoms with Crippen molar-refractivity contribution in [2.75, 3.05) is 0 Å². The smallest absolute Gasteiger partial charge is 0.357 e. The van der Waals surface area contributed by atoms with Crippen LogP contribution in [-0.4, -0.2) is 23.0 Å². The van der Waals surface area contributed by atoms with E-state index in [1.165, 1.54) is 22.8 Å². The molecule has 0 spiro atoms. The quantitative estimate of drug-likeness (QED) is 0.465. The molecule has 0 saturated heterocycles. The molecule has 3 aromatic rings. The monoisotopic (exact) mass is 446 g/mol. The van der Waals surface area contributed by atoms with Gasteiger partial charge in [0, 0.05) is 18.5 Å². The summed E-state index contributed by atoms with van der Waals surface area (Å²) < 4.78 is 46.8. The Hall–Kier alpha value is -3.60. The third-order valence-corrected chi connectivity index (χ3v) is 5.66. The lowest BCUT2D eigenvalue weighted by Crippen LogP contribution is -2.22. The number of hydrogen-bond acceptors (Lipinski definition) is 8. The molecule has 0 amide bonds. The van der Waals surface area contributed by atoms with Crippen molar-refractivity contribution in [3.05, 3.63) is 77.5 Å². The maximum absolute atomic E-state index is 13.6. The van der Waals surface area contributed by atoms with Gasteiger partial charge in [-0.25, -0.2) is 9.37 Å². The van der Waals surface area contributed by atoms with Crippen LogP contribution in [0.2, 0.25) is 0 Å². The van der Waals surface area contributed by atoms with Gasteiger partial charge in [0.1, 0.15) is 23.1 Å². The summed E-state index contributed by atoms with van der Waals surface area (Å²) in [5.41, 5.74) is 18.2. The van der Waals surface area contributed by atoms with E-state index in [-0.39, 0.29) is 46.3 Å². The van der Waals surface area contributed by atoms with Crippen LogP contribution in [0.5, 0.6) is 5.75 Å². The van der Waals surface area contributed by atoms with Gasteiger partial charge in [0.05, 0.1) is 12.2 Å². The third kappa shape index (κ3) is 4.77. The second kappa shape index (κ2) is 8.64. The molecular weight excluding hydrogens is 423 g/mol. The van der Waals surface area contributed by atoms with Gasteiger partial charge in [-0.1, -0.05) is 26.0 Å². The van der Waals surface area contributed by atoms with Crippen LogP contribution in [0, 0.1) is 5.82 Å². The average molecular weight is 447 g/mol. The molecule has 3 rings (SSSR count). The Morgan fingerprint density at radius 3 is 2.52 bits per heavy atom. The molecule has 0 aliphatic heterocycles. The van der Waals surface area contributed by atoms with Gasteiger partial charge in [-0.05, 0) is 29.7 Å². The van der Waals surface area contributed by atoms with Gasteiger partial charge in [0.15, 0.2) is 10.9 Å². The molecule has 31 heavy (non-hydrogen) atoms. The number of pyridine rings is 1. The number of hydrogen-bond donors (Lipinski definition) is 3. The summed E-state index contributed by atoms with van der Waals surface area (Å²) in [5, 5.41) is -0.227. The highest BCUT2D eigenvalue weighted by molar-refractivity contribution is 7.87. The van der Waals surface area contributed by atoms with Crippen LogP contribution in [0.3, 0.4) is 0 Å². The second-order valence-corrected chi connectivity index (χ2v) is 8.55. The maximum atomic E-state index is 13.6. The van der Waals surface area contributed by atoms with Crippen molar-refractivity contribution in [2.24, 2.45) is 17.2 Å². The van der Waals surface area contributed by atoms with E-state index in [0.717, 1.165) is 6.07 Å². The number of rotatable bonds is 7.